The molecular formula is C8H7ClF3NO. The molecule has 0 bridgehead atoms. The van der Waals surface area contributed by atoms with Gasteiger partial charge in [-0.05, 0) is 12.1 Å². The highest BCUT2D eigenvalue weighted by Gasteiger charge is 2.28. The van der Waals surface area contributed by atoms with Crippen LogP contribution in [0.3, 0.4) is 0 Å². The molecule has 2 nitrogen and oxygen atoms in total. The Balaban J connectivity index is 2.97. The van der Waals surface area contributed by atoms with Crippen LogP contribution in [0.15, 0.2) is 18.2 Å². The van der Waals surface area contributed by atoms with Gasteiger partial charge < -0.3 is 4.74 Å². The number of anilines is 1. The number of hydrogen-bond acceptors (Lipinski definition) is 2. The smallest absolute Gasteiger partial charge is 0.482 e. The monoisotopic (exact) mass is 225 g/mol. The summed E-state index contributed by atoms with van der Waals surface area (Å²) in [4.78, 5) is 0. The molecule has 0 atom stereocenters. The van der Waals surface area contributed by atoms with Crippen molar-refractivity contribution >= 4 is 17.3 Å². The molecule has 0 aliphatic carbocycles. The lowest BCUT2D eigenvalue weighted by Crippen LogP contribution is -2.20. The SMILES string of the molecule is COc1cc(Cl)ccc1NC(F)(F)F. The Hall–Kier alpha value is -1.10. The van der Waals surface area contributed by atoms with E-state index in [0.717, 1.165) is 0 Å². The van der Waals surface area contributed by atoms with Crippen LogP contribution in [-0.4, -0.2) is 13.4 Å². The van der Waals surface area contributed by atoms with Crippen LogP contribution in [-0.2, 0) is 0 Å². The Bertz CT molecular complexity index is 327. The first-order chi connectivity index (χ1) is 6.42. The van der Waals surface area contributed by atoms with Gasteiger partial charge in [-0.25, -0.2) is 0 Å². The van der Waals surface area contributed by atoms with E-state index in [1.807, 2.05) is 0 Å². The quantitative estimate of drug-likeness (QED) is 0.780. The third kappa shape index (κ3) is 2.99. The number of nitrogens with one attached hydrogen (secondary N) is 1. The second-order valence-electron chi connectivity index (χ2n) is 2.47. The molecule has 0 radical (unpaired) electrons. The lowest BCUT2D eigenvalue weighted by molar-refractivity contribution is -0.100. The number of hydrogen-bond donors (Lipinski definition) is 1. The second-order valence-corrected chi connectivity index (χ2v) is 2.90. The maximum Gasteiger partial charge on any atom is 0.482 e. The third-order valence-corrected chi connectivity index (χ3v) is 1.68. The lowest BCUT2D eigenvalue weighted by atomic mass is 10.3. The van der Waals surface area contributed by atoms with Crippen LogP contribution in [0.2, 0.25) is 5.02 Å². The molecule has 14 heavy (non-hydrogen) atoms. The van der Waals surface area contributed by atoms with E-state index in [1.165, 1.54) is 30.6 Å². The van der Waals surface area contributed by atoms with E-state index in [2.05, 4.69) is 0 Å². The van der Waals surface area contributed by atoms with Gasteiger partial charge in [0.2, 0.25) is 0 Å². The fraction of sp³-hybridized carbons (Fsp3) is 0.250. The number of benzene rings is 1. The molecule has 1 rings (SSSR count). The molecule has 0 saturated heterocycles. The minimum atomic E-state index is -4.49. The average molecular weight is 226 g/mol. The summed E-state index contributed by atoms with van der Waals surface area (Å²) in [6.45, 7) is 0. The van der Waals surface area contributed by atoms with Gasteiger partial charge in [0.1, 0.15) is 5.75 Å². The summed E-state index contributed by atoms with van der Waals surface area (Å²) < 4.78 is 40.6. The number of ether oxygens (including phenoxy) is 1. The topological polar surface area (TPSA) is 21.3 Å². The molecular weight excluding hydrogens is 219 g/mol. The lowest BCUT2D eigenvalue weighted by Gasteiger charge is -2.13. The first-order valence-electron chi connectivity index (χ1n) is 3.61. The average Bonchev–Trinajstić information content (AvgIpc) is 2.06. The van der Waals surface area contributed by atoms with E-state index in [1.54, 1.807) is 0 Å². The van der Waals surface area contributed by atoms with Gasteiger partial charge in [-0.2, -0.15) is 13.2 Å². The molecule has 0 heterocycles. The van der Waals surface area contributed by atoms with Crippen LogP contribution in [0, 0.1) is 0 Å². The highest BCUT2D eigenvalue weighted by molar-refractivity contribution is 6.30. The minimum Gasteiger partial charge on any atom is -0.495 e. The Morgan fingerprint density at radius 3 is 2.50 bits per heavy atom. The van der Waals surface area contributed by atoms with Crippen molar-refractivity contribution in [2.24, 2.45) is 0 Å². The standard InChI is InChI=1S/C8H7ClF3NO/c1-14-7-4-5(9)2-3-6(7)13-8(10,11)12/h2-4,13H,1H3. The molecule has 0 aliphatic heterocycles. The van der Waals surface area contributed by atoms with Crippen LogP contribution < -0.4 is 10.1 Å². The third-order valence-electron chi connectivity index (χ3n) is 1.44. The van der Waals surface area contributed by atoms with E-state index in [9.17, 15) is 13.2 Å². The molecule has 0 fully saturated rings. The molecule has 1 N–H and O–H groups in total. The first-order valence-corrected chi connectivity index (χ1v) is 3.98. The molecule has 0 amide bonds. The van der Waals surface area contributed by atoms with Crippen molar-refractivity contribution in [2.75, 3.05) is 12.4 Å². The summed E-state index contributed by atoms with van der Waals surface area (Å²) in [5.74, 6) is 0.0508. The normalized spacial score (nSPS) is 11.2. The van der Waals surface area contributed by atoms with Gasteiger partial charge >= 0.3 is 6.30 Å². The molecule has 0 aliphatic rings. The van der Waals surface area contributed by atoms with E-state index in [0.29, 0.717) is 5.02 Å². The molecule has 0 saturated carbocycles. The van der Waals surface area contributed by atoms with Crippen molar-refractivity contribution in [3.8, 4) is 5.75 Å². The van der Waals surface area contributed by atoms with Gasteiger partial charge in [0.15, 0.2) is 0 Å². The largest absolute Gasteiger partial charge is 0.495 e. The van der Waals surface area contributed by atoms with E-state index >= 15 is 0 Å². The minimum absolute atomic E-state index is 0.0508. The second kappa shape index (κ2) is 3.96. The zero-order valence-corrected chi connectivity index (χ0v) is 7.91. The van der Waals surface area contributed by atoms with Gasteiger partial charge in [0.05, 0.1) is 12.8 Å². The van der Waals surface area contributed by atoms with Crippen molar-refractivity contribution in [3.63, 3.8) is 0 Å². The molecule has 1 aromatic rings. The fourth-order valence-electron chi connectivity index (χ4n) is 0.921. The molecule has 0 aromatic heterocycles. The summed E-state index contributed by atoms with van der Waals surface area (Å²) in [6, 6.07) is 3.85. The Morgan fingerprint density at radius 2 is 2.00 bits per heavy atom. The van der Waals surface area contributed by atoms with Gasteiger partial charge in [-0.1, -0.05) is 11.6 Å². The van der Waals surface area contributed by atoms with Crippen molar-refractivity contribution in [1.82, 2.24) is 0 Å². The molecule has 78 valence electrons. The summed E-state index contributed by atoms with van der Waals surface area (Å²) >= 11 is 5.58. The maximum atomic E-state index is 12.0. The molecule has 0 spiro atoms. The van der Waals surface area contributed by atoms with E-state index < -0.39 is 6.30 Å². The van der Waals surface area contributed by atoms with Gasteiger partial charge in [-0.15, -0.1) is 0 Å². The fourth-order valence-corrected chi connectivity index (χ4v) is 1.08. The summed E-state index contributed by atoms with van der Waals surface area (Å²) in [5.41, 5.74) is -0.163. The van der Waals surface area contributed by atoms with Crippen LogP contribution >= 0.6 is 11.6 Å². The zero-order valence-electron chi connectivity index (χ0n) is 7.15. The van der Waals surface area contributed by atoms with Crippen molar-refractivity contribution in [3.05, 3.63) is 23.2 Å². The van der Waals surface area contributed by atoms with Gasteiger partial charge in [0, 0.05) is 11.1 Å². The van der Waals surface area contributed by atoms with Crippen LogP contribution in [0.5, 0.6) is 5.75 Å². The van der Waals surface area contributed by atoms with E-state index in [-0.39, 0.29) is 11.4 Å². The van der Waals surface area contributed by atoms with Crippen molar-refractivity contribution in [2.45, 2.75) is 6.30 Å². The highest BCUT2D eigenvalue weighted by atomic mass is 35.5. The predicted octanol–water partition coefficient (Wildman–Crippen LogP) is 3.28. The Labute approximate surface area is 83.6 Å². The summed E-state index contributed by atoms with van der Waals surface area (Å²) in [5, 5.41) is 1.66. The Morgan fingerprint density at radius 1 is 1.36 bits per heavy atom. The number of methoxy groups -OCH3 is 1. The molecule has 1 aromatic carbocycles. The van der Waals surface area contributed by atoms with Crippen molar-refractivity contribution in [1.29, 1.82) is 0 Å². The number of alkyl halides is 3. The van der Waals surface area contributed by atoms with E-state index in [4.69, 9.17) is 16.3 Å². The maximum absolute atomic E-state index is 12.0. The number of rotatable bonds is 2. The van der Waals surface area contributed by atoms with Crippen LogP contribution in [0.1, 0.15) is 0 Å². The zero-order chi connectivity index (χ0) is 10.8. The van der Waals surface area contributed by atoms with Crippen LogP contribution in [0.25, 0.3) is 0 Å². The Kier molecular flexibility index (Phi) is 3.10. The highest BCUT2D eigenvalue weighted by Crippen LogP contribution is 2.31. The van der Waals surface area contributed by atoms with Crippen LogP contribution in [0.4, 0.5) is 18.9 Å². The summed E-state index contributed by atoms with van der Waals surface area (Å²) in [6.07, 6.45) is -4.49. The molecule has 0 unspecified atom stereocenters. The first kappa shape index (κ1) is 11.0. The van der Waals surface area contributed by atoms with Gasteiger partial charge in [-0.3, -0.25) is 5.32 Å². The van der Waals surface area contributed by atoms with Gasteiger partial charge in [0.25, 0.3) is 0 Å². The molecule has 6 heteroatoms. The number of halogens is 4. The summed E-state index contributed by atoms with van der Waals surface area (Å²) in [7, 11) is 1.27. The van der Waals surface area contributed by atoms with Crippen molar-refractivity contribution < 1.29 is 17.9 Å². The predicted molar refractivity (Wildman–Crippen MR) is 47.7 cm³/mol.